The maximum atomic E-state index is 12.0. The van der Waals surface area contributed by atoms with E-state index in [9.17, 15) is 8.42 Å². The van der Waals surface area contributed by atoms with Crippen LogP contribution in [0.4, 0.5) is 0 Å². The second kappa shape index (κ2) is 5.75. The maximum Gasteiger partial charge on any atom is 0.214 e. The number of hydrogen-bond acceptors (Lipinski definition) is 4. The summed E-state index contributed by atoms with van der Waals surface area (Å²) in [6, 6.07) is 0. The largest absolute Gasteiger partial charge is 0.244 e. The molecule has 5 nitrogen and oxygen atoms in total. The average Bonchev–Trinajstić information content (AvgIpc) is 3.19. The Bertz CT molecular complexity index is 471. The molecule has 1 fully saturated rings. The fourth-order valence-electron chi connectivity index (χ4n) is 1.85. The van der Waals surface area contributed by atoms with Crippen molar-refractivity contribution in [2.24, 2.45) is 5.92 Å². The van der Waals surface area contributed by atoms with E-state index in [4.69, 9.17) is 0 Å². The molecule has 0 aliphatic heterocycles. The van der Waals surface area contributed by atoms with E-state index in [1.165, 1.54) is 19.2 Å². The highest BCUT2D eigenvalue weighted by Gasteiger charge is 2.26. The molecule has 0 aromatic carbocycles. The molecule has 18 heavy (non-hydrogen) atoms. The summed E-state index contributed by atoms with van der Waals surface area (Å²) in [6.07, 6.45) is 8.24. The quantitative estimate of drug-likeness (QED) is 0.751. The maximum absolute atomic E-state index is 12.0. The van der Waals surface area contributed by atoms with Crippen LogP contribution in [0.1, 0.15) is 31.7 Å². The third kappa shape index (κ3) is 3.74. The summed E-state index contributed by atoms with van der Waals surface area (Å²) in [5.74, 6) is 0.873. The smallest absolute Gasteiger partial charge is 0.214 e. The van der Waals surface area contributed by atoms with E-state index in [0.717, 1.165) is 17.9 Å². The predicted molar refractivity (Wildman–Crippen MR) is 69.2 cm³/mol. The standard InChI is InChI=1S/C12H19N3O2S/c1-2-18(16,17)15(6-5-11-3-4-11)9-12-7-13-10-14-8-12/h7-8,10-11H,2-6,9H2,1H3. The van der Waals surface area contributed by atoms with Crippen molar-refractivity contribution in [2.75, 3.05) is 12.3 Å². The highest BCUT2D eigenvalue weighted by molar-refractivity contribution is 7.89. The predicted octanol–water partition coefficient (Wildman–Crippen LogP) is 1.43. The molecule has 1 aromatic rings. The molecule has 100 valence electrons. The molecule has 0 saturated heterocycles. The van der Waals surface area contributed by atoms with Crippen molar-refractivity contribution >= 4 is 10.0 Å². The molecule has 0 amide bonds. The van der Waals surface area contributed by atoms with Gasteiger partial charge in [0.25, 0.3) is 0 Å². The van der Waals surface area contributed by atoms with Gasteiger partial charge in [0.15, 0.2) is 0 Å². The Labute approximate surface area is 108 Å². The van der Waals surface area contributed by atoms with Gasteiger partial charge in [0.1, 0.15) is 6.33 Å². The van der Waals surface area contributed by atoms with Gasteiger partial charge in [-0.2, -0.15) is 4.31 Å². The fourth-order valence-corrected chi connectivity index (χ4v) is 2.94. The molecule has 0 bridgehead atoms. The van der Waals surface area contributed by atoms with Gasteiger partial charge in [0.05, 0.1) is 5.75 Å². The Balaban J connectivity index is 2.03. The summed E-state index contributed by atoms with van der Waals surface area (Å²) in [4.78, 5) is 7.84. The lowest BCUT2D eigenvalue weighted by molar-refractivity contribution is 0.391. The zero-order valence-electron chi connectivity index (χ0n) is 10.6. The van der Waals surface area contributed by atoms with Crippen molar-refractivity contribution in [2.45, 2.75) is 32.7 Å². The molecule has 0 unspecified atom stereocenters. The minimum Gasteiger partial charge on any atom is -0.244 e. The van der Waals surface area contributed by atoms with Gasteiger partial charge in [-0.05, 0) is 19.3 Å². The molecule has 0 N–H and O–H groups in total. The molecule has 0 spiro atoms. The van der Waals surface area contributed by atoms with Crippen LogP contribution >= 0.6 is 0 Å². The molecular weight excluding hydrogens is 250 g/mol. The van der Waals surface area contributed by atoms with Crippen molar-refractivity contribution in [1.82, 2.24) is 14.3 Å². The van der Waals surface area contributed by atoms with Crippen LogP contribution < -0.4 is 0 Å². The van der Waals surface area contributed by atoms with Gasteiger partial charge >= 0.3 is 0 Å². The van der Waals surface area contributed by atoms with Crippen LogP contribution in [0.15, 0.2) is 18.7 Å². The van der Waals surface area contributed by atoms with Crippen molar-refractivity contribution < 1.29 is 8.42 Å². The third-order valence-corrected chi connectivity index (χ3v) is 5.04. The summed E-state index contributed by atoms with van der Waals surface area (Å²) < 4.78 is 25.6. The molecule has 2 rings (SSSR count). The van der Waals surface area contributed by atoms with E-state index in [1.807, 2.05) is 0 Å². The summed E-state index contributed by atoms with van der Waals surface area (Å²) in [7, 11) is -3.15. The molecule has 1 aromatic heterocycles. The topological polar surface area (TPSA) is 63.2 Å². The molecular formula is C12H19N3O2S. The van der Waals surface area contributed by atoms with E-state index in [2.05, 4.69) is 9.97 Å². The van der Waals surface area contributed by atoms with E-state index in [1.54, 1.807) is 23.6 Å². The van der Waals surface area contributed by atoms with Crippen LogP contribution in [0.5, 0.6) is 0 Å². The molecule has 1 aliphatic carbocycles. The van der Waals surface area contributed by atoms with Crippen LogP contribution in [0.2, 0.25) is 0 Å². The lowest BCUT2D eigenvalue weighted by Crippen LogP contribution is -2.33. The van der Waals surface area contributed by atoms with Crippen LogP contribution in [0, 0.1) is 5.92 Å². The number of aromatic nitrogens is 2. The van der Waals surface area contributed by atoms with Crippen molar-refractivity contribution in [3.63, 3.8) is 0 Å². The van der Waals surface area contributed by atoms with Gasteiger partial charge in [-0.25, -0.2) is 18.4 Å². The number of rotatable bonds is 7. The van der Waals surface area contributed by atoms with E-state index < -0.39 is 10.0 Å². The van der Waals surface area contributed by atoms with Crippen LogP contribution in [0.3, 0.4) is 0 Å². The SMILES string of the molecule is CCS(=O)(=O)N(CCC1CC1)Cc1cncnc1. The first-order chi connectivity index (χ1) is 8.62. The van der Waals surface area contributed by atoms with Crippen molar-refractivity contribution in [3.05, 3.63) is 24.3 Å². The van der Waals surface area contributed by atoms with Gasteiger partial charge in [0, 0.05) is 31.0 Å². The van der Waals surface area contributed by atoms with Crippen molar-refractivity contribution in [1.29, 1.82) is 0 Å². The Morgan fingerprint density at radius 1 is 1.33 bits per heavy atom. The highest BCUT2D eigenvalue weighted by atomic mass is 32.2. The van der Waals surface area contributed by atoms with Crippen molar-refractivity contribution in [3.8, 4) is 0 Å². The Kier molecular flexibility index (Phi) is 4.29. The third-order valence-electron chi connectivity index (χ3n) is 3.21. The molecule has 0 atom stereocenters. The first kappa shape index (κ1) is 13.4. The monoisotopic (exact) mass is 269 g/mol. The second-order valence-electron chi connectivity index (χ2n) is 4.71. The van der Waals surface area contributed by atoms with Gasteiger partial charge in [-0.15, -0.1) is 0 Å². The van der Waals surface area contributed by atoms with Crippen LogP contribution in [-0.2, 0) is 16.6 Å². The number of sulfonamides is 1. The van der Waals surface area contributed by atoms with E-state index in [0.29, 0.717) is 13.1 Å². The summed E-state index contributed by atoms with van der Waals surface area (Å²) in [5.41, 5.74) is 0.838. The molecule has 0 radical (unpaired) electrons. The van der Waals surface area contributed by atoms with Gasteiger partial charge in [-0.1, -0.05) is 12.8 Å². The summed E-state index contributed by atoms with van der Waals surface area (Å²) in [5, 5.41) is 0. The second-order valence-corrected chi connectivity index (χ2v) is 6.97. The molecule has 1 heterocycles. The molecule has 6 heteroatoms. The van der Waals surface area contributed by atoms with Crippen LogP contribution in [0.25, 0.3) is 0 Å². The Hall–Kier alpha value is -1.01. The zero-order valence-corrected chi connectivity index (χ0v) is 11.4. The summed E-state index contributed by atoms with van der Waals surface area (Å²) in [6.45, 7) is 2.67. The Morgan fingerprint density at radius 2 is 2.00 bits per heavy atom. The van der Waals surface area contributed by atoms with E-state index in [-0.39, 0.29) is 5.75 Å². The minimum atomic E-state index is -3.15. The fraction of sp³-hybridized carbons (Fsp3) is 0.667. The van der Waals surface area contributed by atoms with Crippen LogP contribution in [-0.4, -0.2) is 35.0 Å². The number of nitrogens with zero attached hydrogens (tertiary/aromatic N) is 3. The average molecular weight is 269 g/mol. The highest BCUT2D eigenvalue weighted by Crippen LogP contribution is 2.32. The lowest BCUT2D eigenvalue weighted by Gasteiger charge is -2.21. The summed E-state index contributed by atoms with van der Waals surface area (Å²) >= 11 is 0. The lowest BCUT2D eigenvalue weighted by atomic mass is 10.3. The first-order valence-corrected chi connectivity index (χ1v) is 7.94. The zero-order chi connectivity index (χ0) is 13.0. The van der Waals surface area contributed by atoms with Gasteiger partial charge < -0.3 is 0 Å². The number of hydrogen-bond donors (Lipinski definition) is 0. The molecule has 1 aliphatic rings. The van der Waals surface area contributed by atoms with Gasteiger partial charge in [0.2, 0.25) is 10.0 Å². The Morgan fingerprint density at radius 3 is 2.56 bits per heavy atom. The van der Waals surface area contributed by atoms with Gasteiger partial charge in [-0.3, -0.25) is 0 Å². The van der Waals surface area contributed by atoms with E-state index >= 15 is 0 Å². The first-order valence-electron chi connectivity index (χ1n) is 6.33. The molecule has 1 saturated carbocycles. The minimum absolute atomic E-state index is 0.144. The normalized spacial score (nSPS) is 16.1.